The third kappa shape index (κ3) is 6.33. The minimum atomic E-state index is -0.0689. The molecule has 1 saturated carbocycles. The van der Waals surface area contributed by atoms with Crippen molar-refractivity contribution < 1.29 is 9.53 Å². The molecule has 5 rings (SSSR count). The van der Waals surface area contributed by atoms with Gasteiger partial charge in [0.25, 0.3) is 5.91 Å². The summed E-state index contributed by atoms with van der Waals surface area (Å²) in [6.07, 6.45) is 12.7. The van der Waals surface area contributed by atoms with Crippen molar-refractivity contribution in [3.05, 3.63) is 54.5 Å². The number of nitrogens with zero attached hydrogens (tertiary/aromatic N) is 5. The van der Waals surface area contributed by atoms with Crippen molar-refractivity contribution >= 4 is 17.5 Å². The van der Waals surface area contributed by atoms with Crippen molar-refractivity contribution in [3.63, 3.8) is 0 Å². The van der Waals surface area contributed by atoms with Crippen LogP contribution in [0.1, 0.15) is 61.3 Å². The molecule has 2 N–H and O–H groups in total. The van der Waals surface area contributed by atoms with Crippen LogP contribution >= 0.6 is 0 Å². The second-order valence-electron chi connectivity index (χ2n) is 9.92. The summed E-state index contributed by atoms with van der Waals surface area (Å²) in [5, 5.41) is 20.2. The molecular weight excluding hydrogens is 466 g/mol. The molecule has 1 atom stereocenters. The predicted octanol–water partition coefficient (Wildman–Crippen LogP) is 4.89. The molecule has 2 aromatic heterocycles. The minimum Gasteiger partial charge on any atom is -0.381 e. The van der Waals surface area contributed by atoms with Crippen LogP contribution in [0.15, 0.2) is 48.9 Å². The standard InChI is InChI=1S/C28H33N7O2/c29-13-9-26(21-3-1-2-4-21)35-19-23(18-32-35)25-10-14-30-28(34-25)33-24-7-5-22(6-8-24)27(36)31-17-20-11-15-37-16-12-20/h5-8,10,14,18-21,26H,1-4,9,11-12,15-17H2,(H,31,36)(H,30,33,34). The van der Waals surface area contributed by atoms with Crippen molar-refractivity contribution in [1.29, 1.82) is 5.26 Å². The highest BCUT2D eigenvalue weighted by Gasteiger charge is 2.27. The third-order valence-electron chi connectivity index (χ3n) is 7.43. The topological polar surface area (TPSA) is 118 Å². The molecule has 9 heteroatoms. The van der Waals surface area contributed by atoms with E-state index in [9.17, 15) is 10.1 Å². The Bertz CT molecular complexity index is 1220. The highest BCUT2D eigenvalue weighted by Crippen LogP contribution is 2.36. The van der Waals surface area contributed by atoms with E-state index in [0.29, 0.717) is 36.3 Å². The molecule has 1 unspecified atom stereocenters. The van der Waals surface area contributed by atoms with Crippen molar-refractivity contribution in [3.8, 4) is 17.3 Å². The van der Waals surface area contributed by atoms with Crippen molar-refractivity contribution in [2.75, 3.05) is 25.1 Å². The normalized spacial score (nSPS) is 17.3. The van der Waals surface area contributed by atoms with Crippen LogP contribution in [0, 0.1) is 23.2 Å². The van der Waals surface area contributed by atoms with Gasteiger partial charge in [-0.05, 0) is 67.9 Å². The van der Waals surface area contributed by atoms with Gasteiger partial charge in [0, 0.05) is 49.0 Å². The van der Waals surface area contributed by atoms with Crippen LogP contribution in [0.25, 0.3) is 11.3 Å². The van der Waals surface area contributed by atoms with E-state index in [4.69, 9.17) is 4.74 Å². The molecule has 1 saturated heterocycles. The summed E-state index contributed by atoms with van der Waals surface area (Å²) < 4.78 is 7.32. The Labute approximate surface area is 217 Å². The number of nitriles is 1. The van der Waals surface area contributed by atoms with E-state index in [1.54, 1.807) is 24.5 Å². The summed E-state index contributed by atoms with van der Waals surface area (Å²) in [6, 6.07) is 11.6. The molecule has 3 heterocycles. The highest BCUT2D eigenvalue weighted by atomic mass is 16.5. The van der Waals surface area contributed by atoms with Crippen LogP contribution in [-0.4, -0.2) is 45.4 Å². The maximum Gasteiger partial charge on any atom is 0.251 e. The van der Waals surface area contributed by atoms with Gasteiger partial charge in [0.2, 0.25) is 5.95 Å². The first-order valence-electron chi connectivity index (χ1n) is 13.2. The smallest absolute Gasteiger partial charge is 0.251 e. The van der Waals surface area contributed by atoms with Gasteiger partial charge < -0.3 is 15.4 Å². The fraction of sp³-hybridized carbons (Fsp3) is 0.464. The number of amides is 1. The first kappa shape index (κ1) is 24.9. The number of benzene rings is 1. The van der Waals surface area contributed by atoms with Crippen LogP contribution in [0.5, 0.6) is 0 Å². The van der Waals surface area contributed by atoms with Gasteiger partial charge in [-0.15, -0.1) is 0 Å². The van der Waals surface area contributed by atoms with E-state index in [0.717, 1.165) is 55.8 Å². The Morgan fingerprint density at radius 3 is 2.68 bits per heavy atom. The Hall–Kier alpha value is -3.77. The van der Waals surface area contributed by atoms with E-state index in [1.807, 2.05) is 29.1 Å². The quantitative estimate of drug-likeness (QED) is 0.431. The zero-order valence-electron chi connectivity index (χ0n) is 21.0. The summed E-state index contributed by atoms with van der Waals surface area (Å²) >= 11 is 0. The molecule has 192 valence electrons. The zero-order valence-corrected chi connectivity index (χ0v) is 21.0. The molecule has 9 nitrogen and oxygen atoms in total. The Balaban J connectivity index is 1.21. The zero-order chi connectivity index (χ0) is 25.5. The van der Waals surface area contributed by atoms with Crippen LogP contribution in [0.2, 0.25) is 0 Å². The Kier molecular flexibility index (Phi) is 8.06. The summed E-state index contributed by atoms with van der Waals surface area (Å²) in [4.78, 5) is 21.5. The lowest BCUT2D eigenvalue weighted by Crippen LogP contribution is -2.32. The first-order chi connectivity index (χ1) is 18.2. The monoisotopic (exact) mass is 499 g/mol. The molecule has 1 aliphatic carbocycles. The largest absolute Gasteiger partial charge is 0.381 e. The van der Waals surface area contributed by atoms with Crippen LogP contribution < -0.4 is 10.6 Å². The molecular formula is C28H33N7O2. The lowest BCUT2D eigenvalue weighted by molar-refractivity contribution is 0.0642. The third-order valence-corrected chi connectivity index (χ3v) is 7.43. The Morgan fingerprint density at radius 2 is 1.92 bits per heavy atom. The second-order valence-corrected chi connectivity index (χ2v) is 9.92. The minimum absolute atomic E-state index is 0.0689. The predicted molar refractivity (Wildman–Crippen MR) is 140 cm³/mol. The molecule has 0 spiro atoms. The number of carbonyl (C=O) groups is 1. The fourth-order valence-corrected chi connectivity index (χ4v) is 5.27. The molecule has 3 aromatic rings. The van der Waals surface area contributed by atoms with Crippen molar-refractivity contribution in [1.82, 2.24) is 25.1 Å². The van der Waals surface area contributed by atoms with Crippen LogP contribution in [0.3, 0.4) is 0 Å². The second kappa shape index (κ2) is 12.0. The molecule has 0 radical (unpaired) electrons. The number of rotatable bonds is 9. The molecule has 1 amide bonds. The van der Waals surface area contributed by atoms with Gasteiger partial charge in [0.1, 0.15) is 0 Å². The average molecular weight is 500 g/mol. The van der Waals surface area contributed by atoms with Gasteiger partial charge in [0.05, 0.1) is 30.4 Å². The van der Waals surface area contributed by atoms with E-state index in [1.165, 1.54) is 12.8 Å². The molecule has 0 bridgehead atoms. The number of carbonyl (C=O) groups excluding carboxylic acids is 1. The van der Waals surface area contributed by atoms with Gasteiger partial charge in [-0.25, -0.2) is 9.97 Å². The van der Waals surface area contributed by atoms with Crippen molar-refractivity contribution in [2.45, 2.75) is 51.0 Å². The van der Waals surface area contributed by atoms with E-state index < -0.39 is 0 Å². The molecule has 37 heavy (non-hydrogen) atoms. The number of aromatic nitrogens is 4. The number of hydrogen-bond donors (Lipinski definition) is 2. The van der Waals surface area contributed by atoms with Crippen LogP contribution in [0.4, 0.5) is 11.6 Å². The van der Waals surface area contributed by atoms with Gasteiger partial charge >= 0.3 is 0 Å². The van der Waals surface area contributed by atoms with Gasteiger partial charge in [-0.1, -0.05) is 12.8 Å². The van der Waals surface area contributed by atoms with Gasteiger partial charge in [-0.3, -0.25) is 9.48 Å². The van der Waals surface area contributed by atoms with Crippen molar-refractivity contribution in [2.24, 2.45) is 11.8 Å². The first-order valence-corrected chi connectivity index (χ1v) is 13.2. The molecule has 2 aliphatic rings. The summed E-state index contributed by atoms with van der Waals surface area (Å²) in [5.41, 5.74) is 3.07. The molecule has 1 aromatic carbocycles. The van der Waals surface area contributed by atoms with E-state index in [2.05, 4.69) is 31.8 Å². The van der Waals surface area contributed by atoms with Gasteiger partial charge in [-0.2, -0.15) is 10.4 Å². The maximum absolute atomic E-state index is 12.5. The summed E-state index contributed by atoms with van der Waals surface area (Å²) in [6.45, 7) is 2.22. The number of anilines is 2. The van der Waals surface area contributed by atoms with E-state index in [-0.39, 0.29) is 11.9 Å². The van der Waals surface area contributed by atoms with Crippen LogP contribution in [-0.2, 0) is 4.74 Å². The fourth-order valence-electron chi connectivity index (χ4n) is 5.27. The number of ether oxygens (including phenoxy) is 1. The summed E-state index contributed by atoms with van der Waals surface area (Å²) in [5.74, 6) is 1.38. The number of nitrogens with one attached hydrogen (secondary N) is 2. The van der Waals surface area contributed by atoms with E-state index >= 15 is 0 Å². The lowest BCUT2D eigenvalue weighted by Gasteiger charge is -2.22. The molecule has 1 aliphatic heterocycles. The number of hydrogen-bond acceptors (Lipinski definition) is 7. The SMILES string of the molecule is N#CCC(C1CCCC1)n1cc(-c2ccnc(Nc3ccc(C(=O)NCC4CCOCC4)cc3)n2)cn1. The lowest BCUT2D eigenvalue weighted by atomic mass is 9.96. The maximum atomic E-state index is 12.5. The average Bonchev–Trinajstić information content (AvgIpc) is 3.65. The molecule has 2 fully saturated rings. The summed E-state index contributed by atoms with van der Waals surface area (Å²) in [7, 11) is 0. The Morgan fingerprint density at radius 1 is 1.14 bits per heavy atom. The highest BCUT2D eigenvalue weighted by molar-refractivity contribution is 5.94. The van der Waals surface area contributed by atoms with Gasteiger partial charge in [0.15, 0.2) is 0 Å².